The van der Waals surface area contributed by atoms with Gasteiger partial charge in [-0.05, 0) is 32.3 Å². The largest absolute Gasteiger partial charge is 0.341 e. The van der Waals surface area contributed by atoms with Crippen molar-refractivity contribution in [3.63, 3.8) is 0 Å². The minimum absolute atomic E-state index is 0.0799. The van der Waals surface area contributed by atoms with E-state index in [0.29, 0.717) is 5.92 Å². The number of hydrogen-bond acceptors (Lipinski definition) is 4. The molecule has 0 bridgehead atoms. The number of fused-ring (bicyclic) bond motifs is 1. The van der Waals surface area contributed by atoms with E-state index in [9.17, 15) is 4.79 Å². The van der Waals surface area contributed by atoms with Crippen molar-refractivity contribution in [1.29, 1.82) is 0 Å². The van der Waals surface area contributed by atoms with Crippen LogP contribution < -0.4 is 0 Å². The fourth-order valence-electron chi connectivity index (χ4n) is 2.48. The topological polar surface area (TPSA) is 46.1 Å². The van der Waals surface area contributed by atoms with Gasteiger partial charge in [0.05, 0.1) is 4.88 Å². The predicted octanol–water partition coefficient (Wildman–Crippen LogP) is 3.34. The average molecular weight is 291 g/mol. The highest BCUT2D eigenvalue weighted by Crippen LogP contribution is 2.31. The number of thiophene rings is 1. The molecule has 0 saturated carbocycles. The fourth-order valence-corrected chi connectivity index (χ4v) is 3.75. The normalized spacial score (nSPS) is 11.3. The lowest BCUT2D eigenvalue weighted by atomic mass is 10.1. The van der Waals surface area contributed by atoms with Gasteiger partial charge in [0.2, 0.25) is 0 Å². The second kappa shape index (κ2) is 5.48. The molecule has 2 rings (SSSR count). The van der Waals surface area contributed by atoms with Gasteiger partial charge in [-0.1, -0.05) is 13.8 Å². The summed E-state index contributed by atoms with van der Waals surface area (Å²) in [6.45, 7) is 10.8. The zero-order valence-corrected chi connectivity index (χ0v) is 13.8. The van der Waals surface area contributed by atoms with Crippen LogP contribution in [0.1, 0.15) is 40.6 Å². The monoisotopic (exact) mass is 291 g/mol. The highest BCUT2D eigenvalue weighted by atomic mass is 32.1. The summed E-state index contributed by atoms with van der Waals surface area (Å²) in [6, 6.07) is 0. The van der Waals surface area contributed by atoms with Crippen LogP contribution in [0, 0.1) is 26.7 Å². The van der Waals surface area contributed by atoms with Crippen LogP contribution in [0.15, 0.2) is 0 Å². The average Bonchev–Trinajstić information content (AvgIpc) is 2.64. The summed E-state index contributed by atoms with van der Waals surface area (Å²) in [7, 11) is 1.86. The smallest absolute Gasteiger partial charge is 0.264 e. The van der Waals surface area contributed by atoms with Gasteiger partial charge in [0, 0.05) is 24.7 Å². The first-order valence-corrected chi connectivity index (χ1v) is 7.62. The Balaban J connectivity index is 2.48. The van der Waals surface area contributed by atoms with Gasteiger partial charge in [0.1, 0.15) is 10.7 Å². The van der Waals surface area contributed by atoms with Crippen LogP contribution in [-0.2, 0) is 0 Å². The molecule has 20 heavy (non-hydrogen) atoms. The summed E-state index contributed by atoms with van der Waals surface area (Å²) in [5, 5.41) is 1.03. The lowest BCUT2D eigenvalue weighted by molar-refractivity contribution is 0.0783. The second-order valence-corrected chi connectivity index (χ2v) is 6.67. The third-order valence-electron chi connectivity index (χ3n) is 3.26. The van der Waals surface area contributed by atoms with Crippen molar-refractivity contribution < 1.29 is 4.79 Å². The Morgan fingerprint density at radius 1 is 1.25 bits per heavy atom. The van der Waals surface area contributed by atoms with Crippen LogP contribution in [0.3, 0.4) is 0 Å². The number of nitrogens with zero attached hydrogens (tertiary/aromatic N) is 3. The molecule has 0 aliphatic heterocycles. The molecule has 2 heterocycles. The van der Waals surface area contributed by atoms with Gasteiger partial charge in [-0.25, -0.2) is 9.97 Å². The van der Waals surface area contributed by atoms with Crippen LogP contribution in [0.2, 0.25) is 0 Å². The maximum atomic E-state index is 12.6. The van der Waals surface area contributed by atoms with Crippen LogP contribution in [-0.4, -0.2) is 34.4 Å². The summed E-state index contributed by atoms with van der Waals surface area (Å²) in [4.78, 5) is 24.9. The van der Waals surface area contributed by atoms with E-state index in [-0.39, 0.29) is 5.91 Å². The standard InChI is InChI=1S/C15H21N3OS/c1-8(2)7-18(6)15(19)13-9(3)12-10(4)16-11(5)17-14(12)20-13/h8H,7H2,1-6H3. The number of amides is 1. The summed E-state index contributed by atoms with van der Waals surface area (Å²) >= 11 is 1.47. The fraction of sp³-hybridized carbons (Fsp3) is 0.533. The summed E-state index contributed by atoms with van der Waals surface area (Å²) in [5.74, 6) is 1.30. The third-order valence-corrected chi connectivity index (χ3v) is 4.44. The minimum Gasteiger partial charge on any atom is -0.341 e. The Morgan fingerprint density at radius 2 is 1.90 bits per heavy atom. The van der Waals surface area contributed by atoms with Crippen LogP contribution in [0.4, 0.5) is 0 Å². The SMILES string of the molecule is Cc1nc(C)c2c(C)c(C(=O)N(C)CC(C)C)sc2n1. The molecule has 0 fully saturated rings. The number of aryl methyl sites for hydroxylation is 3. The quantitative estimate of drug-likeness (QED) is 0.871. The lowest BCUT2D eigenvalue weighted by Crippen LogP contribution is -2.30. The summed E-state index contributed by atoms with van der Waals surface area (Å²) < 4.78 is 0. The highest BCUT2D eigenvalue weighted by Gasteiger charge is 2.21. The minimum atomic E-state index is 0.0799. The van der Waals surface area contributed by atoms with Crippen molar-refractivity contribution in [3.05, 3.63) is 22.0 Å². The van der Waals surface area contributed by atoms with Gasteiger partial charge >= 0.3 is 0 Å². The maximum Gasteiger partial charge on any atom is 0.264 e. The Hall–Kier alpha value is -1.49. The predicted molar refractivity (Wildman–Crippen MR) is 83.4 cm³/mol. The Kier molecular flexibility index (Phi) is 4.09. The van der Waals surface area contributed by atoms with E-state index in [1.165, 1.54) is 11.3 Å². The second-order valence-electron chi connectivity index (χ2n) is 5.67. The van der Waals surface area contributed by atoms with Gasteiger partial charge < -0.3 is 4.90 Å². The van der Waals surface area contributed by atoms with Crippen molar-refractivity contribution >= 4 is 27.5 Å². The molecule has 0 aliphatic rings. The molecular weight excluding hydrogens is 270 g/mol. The highest BCUT2D eigenvalue weighted by molar-refractivity contribution is 7.20. The van der Waals surface area contributed by atoms with E-state index < -0.39 is 0 Å². The third kappa shape index (κ3) is 2.68. The summed E-state index contributed by atoms with van der Waals surface area (Å²) in [6.07, 6.45) is 0. The zero-order chi connectivity index (χ0) is 15.0. The lowest BCUT2D eigenvalue weighted by Gasteiger charge is -2.18. The number of carbonyl (C=O) groups excluding carboxylic acids is 1. The molecule has 0 atom stereocenters. The molecule has 4 nitrogen and oxygen atoms in total. The van der Waals surface area contributed by atoms with E-state index in [2.05, 4.69) is 23.8 Å². The van der Waals surface area contributed by atoms with E-state index in [1.807, 2.05) is 27.8 Å². The van der Waals surface area contributed by atoms with Crippen LogP contribution >= 0.6 is 11.3 Å². The van der Waals surface area contributed by atoms with Gasteiger partial charge in [-0.15, -0.1) is 11.3 Å². The summed E-state index contributed by atoms with van der Waals surface area (Å²) in [5.41, 5.74) is 1.95. The Bertz CT molecular complexity index is 661. The van der Waals surface area contributed by atoms with Crippen LogP contribution in [0.25, 0.3) is 10.2 Å². The molecule has 108 valence electrons. The molecule has 0 N–H and O–H groups in total. The van der Waals surface area contributed by atoms with Gasteiger partial charge in [0.15, 0.2) is 0 Å². The molecule has 2 aromatic rings. The van der Waals surface area contributed by atoms with Crippen molar-refractivity contribution in [2.75, 3.05) is 13.6 Å². The molecule has 0 saturated heterocycles. The van der Waals surface area contributed by atoms with E-state index in [0.717, 1.165) is 38.7 Å². The first-order valence-electron chi connectivity index (χ1n) is 6.81. The molecule has 0 spiro atoms. The molecular formula is C15H21N3OS. The van der Waals surface area contributed by atoms with Crippen LogP contribution in [0.5, 0.6) is 0 Å². The molecule has 0 unspecified atom stereocenters. The number of hydrogen-bond donors (Lipinski definition) is 0. The van der Waals surface area contributed by atoms with Gasteiger partial charge in [0.25, 0.3) is 5.91 Å². The first-order chi connectivity index (χ1) is 9.31. The number of rotatable bonds is 3. The van der Waals surface area contributed by atoms with E-state index >= 15 is 0 Å². The number of carbonyl (C=O) groups is 1. The van der Waals surface area contributed by atoms with Gasteiger partial charge in [-0.2, -0.15) is 0 Å². The number of aromatic nitrogens is 2. The van der Waals surface area contributed by atoms with E-state index in [1.54, 1.807) is 4.90 Å². The molecule has 0 aliphatic carbocycles. The zero-order valence-electron chi connectivity index (χ0n) is 12.9. The molecule has 5 heteroatoms. The van der Waals surface area contributed by atoms with Crippen molar-refractivity contribution in [2.24, 2.45) is 5.92 Å². The van der Waals surface area contributed by atoms with Gasteiger partial charge in [-0.3, -0.25) is 4.79 Å². The Morgan fingerprint density at radius 3 is 2.50 bits per heavy atom. The molecule has 1 amide bonds. The van der Waals surface area contributed by atoms with Crippen molar-refractivity contribution in [2.45, 2.75) is 34.6 Å². The Labute approximate surface area is 123 Å². The van der Waals surface area contributed by atoms with Crippen molar-refractivity contribution in [3.8, 4) is 0 Å². The van der Waals surface area contributed by atoms with E-state index in [4.69, 9.17) is 0 Å². The first kappa shape index (κ1) is 14.9. The maximum absolute atomic E-state index is 12.6. The molecule has 0 aromatic carbocycles. The molecule has 2 aromatic heterocycles. The molecule has 0 radical (unpaired) electrons. The van der Waals surface area contributed by atoms with Crippen molar-refractivity contribution in [1.82, 2.24) is 14.9 Å².